The number of hydrogen-bond donors (Lipinski definition) is 2. The number of benzene rings is 3. The topological polar surface area (TPSA) is 86.3 Å². The molecule has 1 amide bonds. The smallest absolute Gasteiger partial charge is 0.231 e. The molecule has 1 aliphatic heterocycles. The van der Waals surface area contributed by atoms with E-state index < -0.39 is 5.92 Å². The van der Waals surface area contributed by atoms with Crippen molar-refractivity contribution in [1.29, 1.82) is 0 Å². The van der Waals surface area contributed by atoms with Crippen molar-refractivity contribution in [2.24, 2.45) is 0 Å². The van der Waals surface area contributed by atoms with E-state index in [2.05, 4.69) is 5.32 Å². The van der Waals surface area contributed by atoms with E-state index in [4.69, 9.17) is 18.9 Å². The van der Waals surface area contributed by atoms with Gasteiger partial charge < -0.3 is 29.4 Å². The van der Waals surface area contributed by atoms with Gasteiger partial charge in [0.25, 0.3) is 0 Å². The first-order chi connectivity index (χ1) is 16.0. The van der Waals surface area contributed by atoms with Crippen LogP contribution >= 0.6 is 0 Å². The molecular weight excluding hydrogens is 422 g/mol. The number of ether oxygens (including phenoxy) is 4. The van der Waals surface area contributed by atoms with Crippen molar-refractivity contribution in [3.63, 3.8) is 0 Å². The van der Waals surface area contributed by atoms with Crippen LogP contribution in [0.3, 0.4) is 0 Å². The van der Waals surface area contributed by atoms with E-state index in [1.54, 1.807) is 6.07 Å². The minimum absolute atomic E-state index is 0.0159. The third-order valence-corrected chi connectivity index (χ3v) is 5.76. The molecule has 3 aromatic carbocycles. The summed E-state index contributed by atoms with van der Waals surface area (Å²) in [6, 6.07) is 18.3. The van der Waals surface area contributed by atoms with Crippen LogP contribution in [-0.2, 0) is 4.79 Å². The van der Waals surface area contributed by atoms with Gasteiger partial charge in [-0.15, -0.1) is 0 Å². The van der Waals surface area contributed by atoms with E-state index in [1.807, 2.05) is 55.5 Å². The lowest BCUT2D eigenvalue weighted by Gasteiger charge is -2.23. The van der Waals surface area contributed by atoms with Gasteiger partial charge in [0, 0.05) is 30.0 Å². The Morgan fingerprint density at radius 3 is 2.48 bits per heavy atom. The maximum atomic E-state index is 13.1. The normalized spacial score (nSPS) is 13.8. The van der Waals surface area contributed by atoms with Gasteiger partial charge in [-0.3, -0.25) is 4.79 Å². The van der Waals surface area contributed by atoms with Gasteiger partial charge in [0.15, 0.2) is 11.5 Å². The maximum absolute atomic E-state index is 13.1. The van der Waals surface area contributed by atoms with Crippen LogP contribution in [0.5, 0.6) is 28.7 Å². The zero-order valence-corrected chi connectivity index (χ0v) is 18.8. The Hall–Kier alpha value is -3.87. The van der Waals surface area contributed by atoms with E-state index in [9.17, 15) is 9.90 Å². The Bertz CT molecular complexity index is 1130. The van der Waals surface area contributed by atoms with Gasteiger partial charge in [0.2, 0.25) is 12.7 Å². The Kier molecular flexibility index (Phi) is 6.58. The van der Waals surface area contributed by atoms with Crippen LogP contribution in [0.25, 0.3) is 0 Å². The number of rotatable bonds is 8. The molecule has 2 N–H and O–H groups in total. The fourth-order valence-electron chi connectivity index (χ4n) is 4.05. The van der Waals surface area contributed by atoms with Crippen LogP contribution < -0.4 is 24.3 Å². The molecule has 2 atom stereocenters. The number of fused-ring (bicyclic) bond motifs is 1. The Labute approximate surface area is 192 Å². The molecule has 172 valence electrons. The van der Waals surface area contributed by atoms with E-state index in [0.29, 0.717) is 28.6 Å². The van der Waals surface area contributed by atoms with E-state index in [1.165, 1.54) is 20.3 Å². The number of phenols is 1. The monoisotopic (exact) mass is 449 g/mol. The quantitative estimate of drug-likeness (QED) is 0.525. The maximum Gasteiger partial charge on any atom is 0.231 e. The summed E-state index contributed by atoms with van der Waals surface area (Å²) < 4.78 is 21.8. The zero-order valence-electron chi connectivity index (χ0n) is 18.8. The number of amides is 1. The second-order valence-electron chi connectivity index (χ2n) is 7.83. The Morgan fingerprint density at radius 2 is 1.76 bits per heavy atom. The minimum atomic E-state index is -0.497. The molecule has 0 aromatic heterocycles. The zero-order chi connectivity index (χ0) is 23.4. The molecular formula is C26H27NO6. The molecule has 0 saturated carbocycles. The second-order valence-corrected chi connectivity index (χ2v) is 7.83. The predicted octanol–water partition coefficient (Wildman–Crippen LogP) is 4.54. The highest BCUT2D eigenvalue weighted by Gasteiger charge is 2.28. The van der Waals surface area contributed by atoms with Crippen molar-refractivity contribution < 1.29 is 28.8 Å². The van der Waals surface area contributed by atoms with E-state index >= 15 is 0 Å². The number of hydrogen-bond acceptors (Lipinski definition) is 6. The number of aromatic hydroxyl groups is 1. The SMILES string of the molecule is COc1cc(O)c(C(CC(=O)N[C@H](C)c2ccccc2)c2ccc3c(c2)OCO3)c(OC)c1. The van der Waals surface area contributed by atoms with E-state index in [-0.39, 0.29) is 30.9 Å². The molecule has 0 saturated heterocycles. The molecule has 0 fully saturated rings. The van der Waals surface area contributed by atoms with Crippen LogP contribution in [0.4, 0.5) is 0 Å². The number of methoxy groups -OCH3 is 2. The Balaban J connectivity index is 1.69. The summed E-state index contributed by atoms with van der Waals surface area (Å²) in [6.07, 6.45) is 0.0903. The van der Waals surface area contributed by atoms with Gasteiger partial charge in [-0.05, 0) is 30.2 Å². The molecule has 1 aliphatic rings. The molecule has 4 rings (SSSR count). The summed E-state index contributed by atoms with van der Waals surface area (Å²) in [4.78, 5) is 13.1. The number of nitrogens with one attached hydrogen (secondary N) is 1. The number of carbonyl (C=O) groups is 1. The molecule has 3 aromatic rings. The molecule has 33 heavy (non-hydrogen) atoms. The van der Waals surface area contributed by atoms with Crippen molar-refractivity contribution in [1.82, 2.24) is 5.32 Å². The standard InChI is InChI=1S/C26H27NO6/c1-16(17-7-5-4-6-8-17)27-25(29)14-20(18-9-10-22-23(11-18)33-15-32-22)26-21(28)12-19(30-2)13-24(26)31-3/h4-13,16,20,28H,14-15H2,1-3H3,(H,27,29)/t16-,20?/m1/s1. The molecule has 0 aliphatic carbocycles. The van der Waals surface area contributed by atoms with Crippen molar-refractivity contribution in [3.8, 4) is 28.7 Å². The average molecular weight is 450 g/mol. The van der Waals surface area contributed by atoms with Crippen LogP contribution in [0.1, 0.15) is 42.0 Å². The predicted molar refractivity (Wildman–Crippen MR) is 123 cm³/mol. The third-order valence-electron chi connectivity index (χ3n) is 5.76. The van der Waals surface area contributed by atoms with Crippen molar-refractivity contribution in [3.05, 3.63) is 77.4 Å². The lowest BCUT2D eigenvalue weighted by molar-refractivity contribution is -0.121. The molecule has 7 heteroatoms. The fraction of sp³-hybridized carbons (Fsp3) is 0.269. The van der Waals surface area contributed by atoms with Crippen LogP contribution in [0.2, 0.25) is 0 Å². The number of phenolic OH excluding ortho intramolecular Hbond substituents is 1. The fourth-order valence-corrected chi connectivity index (χ4v) is 4.05. The van der Waals surface area contributed by atoms with Crippen molar-refractivity contribution in [2.75, 3.05) is 21.0 Å². The second kappa shape index (κ2) is 9.73. The lowest BCUT2D eigenvalue weighted by Crippen LogP contribution is -2.28. The van der Waals surface area contributed by atoms with Gasteiger partial charge in [0.1, 0.15) is 17.2 Å². The van der Waals surface area contributed by atoms with E-state index in [0.717, 1.165) is 11.1 Å². The van der Waals surface area contributed by atoms with Gasteiger partial charge in [0.05, 0.1) is 20.3 Å². The molecule has 7 nitrogen and oxygen atoms in total. The molecule has 1 heterocycles. The number of carbonyl (C=O) groups excluding carboxylic acids is 1. The highest BCUT2D eigenvalue weighted by atomic mass is 16.7. The molecule has 1 unspecified atom stereocenters. The highest BCUT2D eigenvalue weighted by Crippen LogP contribution is 2.45. The summed E-state index contributed by atoms with van der Waals surface area (Å²) in [7, 11) is 3.04. The van der Waals surface area contributed by atoms with Crippen molar-refractivity contribution in [2.45, 2.75) is 25.3 Å². The van der Waals surface area contributed by atoms with Crippen LogP contribution in [0.15, 0.2) is 60.7 Å². The molecule has 0 bridgehead atoms. The summed E-state index contributed by atoms with van der Waals surface area (Å²) in [5.74, 6) is 1.46. The van der Waals surface area contributed by atoms with Gasteiger partial charge in [-0.1, -0.05) is 36.4 Å². The summed E-state index contributed by atoms with van der Waals surface area (Å²) in [6.45, 7) is 2.09. The molecule has 0 radical (unpaired) electrons. The highest BCUT2D eigenvalue weighted by molar-refractivity contribution is 5.79. The summed E-state index contributed by atoms with van der Waals surface area (Å²) in [5.41, 5.74) is 2.30. The van der Waals surface area contributed by atoms with Gasteiger partial charge >= 0.3 is 0 Å². The molecule has 0 spiro atoms. The first-order valence-corrected chi connectivity index (χ1v) is 10.7. The first-order valence-electron chi connectivity index (χ1n) is 10.7. The van der Waals surface area contributed by atoms with Crippen LogP contribution in [-0.4, -0.2) is 32.0 Å². The minimum Gasteiger partial charge on any atom is -0.507 e. The summed E-state index contributed by atoms with van der Waals surface area (Å²) >= 11 is 0. The average Bonchev–Trinajstić information content (AvgIpc) is 3.30. The lowest BCUT2D eigenvalue weighted by atomic mass is 9.86. The summed E-state index contributed by atoms with van der Waals surface area (Å²) in [5, 5.41) is 13.9. The third kappa shape index (κ3) is 4.82. The van der Waals surface area contributed by atoms with Gasteiger partial charge in [-0.2, -0.15) is 0 Å². The van der Waals surface area contributed by atoms with Crippen molar-refractivity contribution >= 4 is 5.91 Å². The van der Waals surface area contributed by atoms with Crippen LogP contribution in [0, 0.1) is 0 Å². The van der Waals surface area contributed by atoms with Gasteiger partial charge in [-0.25, -0.2) is 0 Å². The first kappa shape index (κ1) is 22.3. The Morgan fingerprint density at radius 1 is 1.00 bits per heavy atom. The largest absolute Gasteiger partial charge is 0.507 e.